The number of hydrogen-bond donors (Lipinski definition) is 3. The Morgan fingerprint density at radius 1 is 1.24 bits per heavy atom. The largest absolute Gasteiger partial charge is 0.481 e. The van der Waals surface area contributed by atoms with Crippen LogP contribution in [-0.4, -0.2) is 42.9 Å². The van der Waals surface area contributed by atoms with Crippen molar-refractivity contribution in [2.45, 2.75) is 38.7 Å². The summed E-state index contributed by atoms with van der Waals surface area (Å²) in [4.78, 5) is 21.5. The molecule has 0 aromatic heterocycles. The molecule has 0 spiro atoms. The van der Waals surface area contributed by atoms with Gasteiger partial charge in [0.05, 0.1) is 5.60 Å². The highest BCUT2D eigenvalue weighted by atomic mass is 16.5. The highest BCUT2D eigenvalue weighted by Crippen LogP contribution is 2.04. The Balaban J connectivity index is 3.50. The number of unbranched alkanes of at least 4 members (excludes halogenated alkanes) is 1. The molecule has 0 aromatic carbocycles. The zero-order valence-electron chi connectivity index (χ0n) is 10.7. The monoisotopic (exact) mass is 246 g/mol. The molecule has 3 N–H and O–H groups in total. The van der Waals surface area contributed by atoms with Gasteiger partial charge in [-0.15, -0.1) is 0 Å². The minimum Gasteiger partial charge on any atom is -0.481 e. The first kappa shape index (κ1) is 15.7. The molecule has 0 saturated heterocycles. The van der Waals surface area contributed by atoms with Gasteiger partial charge in [-0.25, -0.2) is 4.79 Å². The van der Waals surface area contributed by atoms with Crippen molar-refractivity contribution in [3.63, 3.8) is 0 Å². The number of aliphatic carboxylic acids is 1. The van der Waals surface area contributed by atoms with Gasteiger partial charge in [-0.3, -0.25) is 4.79 Å². The van der Waals surface area contributed by atoms with E-state index < -0.39 is 5.97 Å². The summed E-state index contributed by atoms with van der Waals surface area (Å²) in [5.74, 6) is -0.809. The normalized spacial score (nSPS) is 11.0. The molecule has 0 unspecified atom stereocenters. The van der Waals surface area contributed by atoms with Gasteiger partial charge in [-0.2, -0.15) is 0 Å². The van der Waals surface area contributed by atoms with Gasteiger partial charge in [0.25, 0.3) is 0 Å². The first-order valence-electron chi connectivity index (χ1n) is 5.66. The molecule has 0 aliphatic rings. The maximum atomic E-state index is 11.3. The molecule has 2 amide bonds. The van der Waals surface area contributed by atoms with E-state index >= 15 is 0 Å². The van der Waals surface area contributed by atoms with Crippen LogP contribution in [0.5, 0.6) is 0 Å². The van der Waals surface area contributed by atoms with E-state index in [-0.39, 0.29) is 18.1 Å². The highest BCUT2D eigenvalue weighted by Gasteiger charge is 2.16. The maximum absolute atomic E-state index is 11.3. The number of carboxylic acid groups (broad SMARTS) is 1. The van der Waals surface area contributed by atoms with Crippen molar-refractivity contribution in [2.75, 3.05) is 20.2 Å². The number of carbonyl (C=O) groups excluding carboxylic acids is 1. The minimum atomic E-state index is -0.809. The van der Waals surface area contributed by atoms with E-state index in [2.05, 4.69) is 10.6 Å². The fourth-order valence-electron chi connectivity index (χ4n) is 1.03. The Bertz CT molecular complexity index is 254. The molecule has 17 heavy (non-hydrogen) atoms. The second kappa shape index (κ2) is 7.89. The number of ether oxygens (including phenoxy) is 1. The van der Waals surface area contributed by atoms with Crippen LogP contribution in [-0.2, 0) is 9.53 Å². The maximum Gasteiger partial charge on any atom is 0.314 e. The number of carboxylic acids is 1. The van der Waals surface area contributed by atoms with Crippen LogP contribution in [0.2, 0.25) is 0 Å². The van der Waals surface area contributed by atoms with Crippen LogP contribution in [0.25, 0.3) is 0 Å². The molecule has 100 valence electrons. The molecule has 0 aromatic rings. The lowest BCUT2D eigenvalue weighted by Gasteiger charge is -2.23. The van der Waals surface area contributed by atoms with Crippen molar-refractivity contribution in [3.8, 4) is 0 Å². The van der Waals surface area contributed by atoms with Crippen LogP contribution in [0.1, 0.15) is 33.1 Å². The zero-order chi connectivity index (χ0) is 13.3. The molecule has 0 fully saturated rings. The molecule has 6 heteroatoms. The molecule has 0 rings (SSSR count). The van der Waals surface area contributed by atoms with E-state index in [1.54, 1.807) is 7.11 Å². The van der Waals surface area contributed by atoms with Crippen molar-refractivity contribution in [1.82, 2.24) is 10.6 Å². The summed E-state index contributed by atoms with van der Waals surface area (Å²) in [5.41, 5.74) is -0.388. The second-order valence-electron chi connectivity index (χ2n) is 4.42. The van der Waals surface area contributed by atoms with Gasteiger partial charge in [-0.1, -0.05) is 0 Å². The first-order valence-corrected chi connectivity index (χ1v) is 5.66. The standard InChI is InChI=1S/C11H22N2O4/c1-11(2,17-3)8-13-10(16)12-7-5-4-6-9(14)15/h4-8H2,1-3H3,(H,14,15)(H2,12,13,16). The lowest BCUT2D eigenvalue weighted by Crippen LogP contribution is -2.44. The van der Waals surface area contributed by atoms with E-state index in [0.29, 0.717) is 25.9 Å². The summed E-state index contributed by atoms with van der Waals surface area (Å²) >= 11 is 0. The third-order valence-electron chi connectivity index (χ3n) is 2.33. The van der Waals surface area contributed by atoms with Crippen LogP contribution in [0.3, 0.4) is 0 Å². The predicted octanol–water partition coefficient (Wildman–Crippen LogP) is 0.965. The summed E-state index contributed by atoms with van der Waals surface area (Å²) in [6, 6.07) is -0.259. The number of amides is 2. The molecular formula is C11H22N2O4. The molecular weight excluding hydrogens is 224 g/mol. The Morgan fingerprint density at radius 2 is 1.88 bits per heavy atom. The van der Waals surface area contributed by atoms with Crippen molar-refractivity contribution >= 4 is 12.0 Å². The van der Waals surface area contributed by atoms with Crippen LogP contribution < -0.4 is 10.6 Å². The van der Waals surface area contributed by atoms with Gasteiger partial charge in [0.1, 0.15) is 0 Å². The molecule has 0 aliphatic heterocycles. The van der Waals surface area contributed by atoms with E-state index in [1.165, 1.54) is 0 Å². The molecule has 6 nitrogen and oxygen atoms in total. The van der Waals surface area contributed by atoms with Crippen molar-refractivity contribution < 1.29 is 19.4 Å². The fraction of sp³-hybridized carbons (Fsp3) is 0.818. The van der Waals surface area contributed by atoms with Gasteiger partial charge in [0.2, 0.25) is 0 Å². The van der Waals surface area contributed by atoms with Crippen LogP contribution in [0, 0.1) is 0 Å². The summed E-state index contributed by atoms with van der Waals surface area (Å²) in [6.07, 6.45) is 1.37. The molecule has 0 aliphatic carbocycles. The predicted molar refractivity (Wildman–Crippen MR) is 64.0 cm³/mol. The smallest absolute Gasteiger partial charge is 0.314 e. The van der Waals surface area contributed by atoms with Crippen molar-refractivity contribution in [1.29, 1.82) is 0 Å². The molecule has 0 radical (unpaired) electrons. The van der Waals surface area contributed by atoms with E-state index in [1.807, 2.05) is 13.8 Å². The minimum absolute atomic E-state index is 0.139. The van der Waals surface area contributed by atoms with E-state index in [0.717, 1.165) is 0 Å². The average Bonchev–Trinajstić information content (AvgIpc) is 2.26. The average molecular weight is 246 g/mol. The number of rotatable bonds is 8. The Morgan fingerprint density at radius 3 is 2.41 bits per heavy atom. The van der Waals surface area contributed by atoms with E-state index in [4.69, 9.17) is 9.84 Å². The number of methoxy groups -OCH3 is 1. The number of nitrogens with one attached hydrogen (secondary N) is 2. The number of hydrogen-bond acceptors (Lipinski definition) is 3. The Hall–Kier alpha value is -1.30. The van der Waals surface area contributed by atoms with Crippen LogP contribution in [0.4, 0.5) is 4.79 Å². The molecule has 0 bridgehead atoms. The first-order chi connectivity index (χ1) is 7.87. The summed E-state index contributed by atoms with van der Waals surface area (Å²) < 4.78 is 5.15. The lowest BCUT2D eigenvalue weighted by atomic mass is 10.1. The van der Waals surface area contributed by atoms with Gasteiger partial charge in [0.15, 0.2) is 0 Å². The number of urea groups is 1. The second-order valence-corrected chi connectivity index (χ2v) is 4.42. The molecule has 0 heterocycles. The van der Waals surface area contributed by atoms with E-state index in [9.17, 15) is 9.59 Å². The third-order valence-corrected chi connectivity index (χ3v) is 2.33. The lowest BCUT2D eigenvalue weighted by molar-refractivity contribution is -0.137. The van der Waals surface area contributed by atoms with Gasteiger partial charge >= 0.3 is 12.0 Å². The summed E-state index contributed by atoms with van der Waals surface area (Å²) in [5, 5.41) is 13.7. The topological polar surface area (TPSA) is 87.7 Å². The van der Waals surface area contributed by atoms with Gasteiger partial charge in [-0.05, 0) is 26.7 Å². The molecule has 0 saturated carbocycles. The van der Waals surface area contributed by atoms with Crippen molar-refractivity contribution in [2.24, 2.45) is 0 Å². The Kier molecular flexibility index (Phi) is 7.29. The summed E-state index contributed by atoms with van der Waals surface area (Å²) in [7, 11) is 1.59. The van der Waals surface area contributed by atoms with Gasteiger partial charge < -0.3 is 20.5 Å². The zero-order valence-corrected chi connectivity index (χ0v) is 10.7. The van der Waals surface area contributed by atoms with Crippen LogP contribution in [0.15, 0.2) is 0 Å². The van der Waals surface area contributed by atoms with Crippen LogP contribution >= 0.6 is 0 Å². The Labute approximate surface area is 102 Å². The highest BCUT2D eigenvalue weighted by molar-refractivity contribution is 5.73. The molecule has 0 atom stereocenters. The SMILES string of the molecule is COC(C)(C)CNC(=O)NCCCCC(=O)O. The van der Waals surface area contributed by atoms with Crippen molar-refractivity contribution in [3.05, 3.63) is 0 Å². The van der Waals surface area contributed by atoms with Gasteiger partial charge in [0, 0.05) is 26.6 Å². The summed E-state index contributed by atoms with van der Waals surface area (Å²) in [6.45, 7) is 4.65. The third kappa shape index (κ3) is 9.62. The number of carbonyl (C=O) groups is 2. The fourth-order valence-corrected chi connectivity index (χ4v) is 1.03. The quantitative estimate of drug-likeness (QED) is 0.557.